The summed E-state index contributed by atoms with van der Waals surface area (Å²) in [6.45, 7) is 5.24. The fourth-order valence-electron chi connectivity index (χ4n) is 3.83. The van der Waals surface area contributed by atoms with Gasteiger partial charge >= 0.3 is 0 Å². The van der Waals surface area contributed by atoms with Crippen molar-refractivity contribution in [2.24, 2.45) is 17.8 Å². The summed E-state index contributed by atoms with van der Waals surface area (Å²) in [5.74, 6) is 2.76. The van der Waals surface area contributed by atoms with Crippen LogP contribution in [0.25, 0.3) is 0 Å². The molecule has 1 heterocycles. The molecule has 2 aliphatic carbocycles. The Hall–Kier alpha value is -0.900. The molecule has 1 aromatic rings. The van der Waals surface area contributed by atoms with Crippen LogP contribution in [-0.4, -0.2) is 25.5 Å². The maximum Gasteiger partial charge on any atom is 0.138 e. The maximum absolute atomic E-state index is 10.8. The second-order valence-corrected chi connectivity index (χ2v) is 6.61. The molecular weight excluding hydrogens is 226 g/mol. The Labute approximate surface area is 108 Å². The van der Waals surface area contributed by atoms with Crippen LogP contribution in [-0.2, 0) is 13.0 Å². The molecule has 3 unspecified atom stereocenters. The van der Waals surface area contributed by atoms with Gasteiger partial charge in [-0.15, -0.1) is 0 Å². The average Bonchev–Trinajstić information content (AvgIpc) is 2.94. The van der Waals surface area contributed by atoms with Gasteiger partial charge in [0.25, 0.3) is 0 Å². The Kier molecular flexibility index (Phi) is 2.93. The molecule has 0 saturated heterocycles. The van der Waals surface area contributed by atoms with Crippen molar-refractivity contribution in [2.75, 3.05) is 0 Å². The third kappa shape index (κ3) is 2.07. The lowest BCUT2D eigenvalue weighted by atomic mass is 9.81. The summed E-state index contributed by atoms with van der Waals surface area (Å²) in [6.07, 6.45) is 6.99. The molecule has 100 valence electrons. The van der Waals surface area contributed by atoms with Crippen molar-refractivity contribution < 1.29 is 5.11 Å². The first-order chi connectivity index (χ1) is 8.57. The van der Waals surface area contributed by atoms with Gasteiger partial charge in [-0.1, -0.05) is 13.8 Å². The lowest BCUT2D eigenvalue weighted by molar-refractivity contribution is -0.0151. The number of aromatic nitrogens is 3. The molecule has 3 atom stereocenters. The molecule has 2 fully saturated rings. The van der Waals surface area contributed by atoms with E-state index in [1.165, 1.54) is 19.3 Å². The van der Waals surface area contributed by atoms with Crippen LogP contribution in [0.4, 0.5) is 0 Å². The summed E-state index contributed by atoms with van der Waals surface area (Å²) in [5, 5.41) is 15.1. The zero-order valence-corrected chi connectivity index (χ0v) is 11.3. The molecule has 0 radical (unpaired) electrons. The molecule has 2 bridgehead atoms. The van der Waals surface area contributed by atoms with E-state index < -0.39 is 5.60 Å². The number of fused-ring (bicyclic) bond motifs is 2. The molecule has 4 nitrogen and oxygen atoms in total. The zero-order chi connectivity index (χ0) is 12.8. The summed E-state index contributed by atoms with van der Waals surface area (Å²) in [6, 6.07) is 0. The zero-order valence-electron chi connectivity index (χ0n) is 11.3. The van der Waals surface area contributed by atoms with Gasteiger partial charge in [0.15, 0.2) is 0 Å². The molecule has 2 aliphatic rings. The molecule has 0 spiro atoms. The first-order valence-electron chi connectivity index (χ1n) is 7.16. The van der Waals surface area contributed by atoms with Crippen LogP contribution in [0.15, 0.2) is 6.33 Å². The fraction of sp³-hybridized carbons (Fsp3) is 0.857. The van der Waals surface area contributed by atoms with Crippen LogP contribution >= 0.6 is 0 Å². The molecule has 1 aromatic heterocycles. The monoisotopic (exact) mass is 249 g/mol. The van der Waals surface area contributed by atoms with Crippen LogP contribution in [0.5, 0.6) is 0 Å². The van der Waals surface area contributed by atoms with Crippen LogP contribution in [0.3, 0.4) is 0 Å². The summed E-state index contributed by atoms with van der Waals surface area (Å²) >= 11 is 0. The third-order valence-electron chi connectivity index (χ3n) is 4.64. The lowest BCUT2D eigenvalue weighted by Crippen LogP contribution is -2.38. The molecule has 18 heavy (non-hydrogen) atoms. The number of nitrogens with zero attached hydrogens (tertiary/aromatic N) is 3. The first kappa shape index (κ1) is 12.2. The molecule has 2 saturated carbocycles. The van der Waals surface area contributed by atoms with Gasteiger partial charge in [0.1, 0.15) is 12.2 Å². The summed E-state index contributed by atoms with van der Waals surface area (Å²) in [4.78, 5) is 4.35. The average molecular weight is 249 g/mol. The minimum atomic E-state index is -0.509. The van der Waals surface area contributed by atoms with Crippen LogP contribution in [0.1, 0.15) is 45.4 Å². The van der Waals surface area contributed by atoms with Crippen molar-refractivity contribution in [3.8, 4) is 0 Å². The first-order valence-corrected chi connectivity index (χ1v) is 7.16. The van der Waals surface area contributed by atoms with E-state index in [2.05, 4.69) is 23.9 Å². The Balaban J connectivity index is 1.75. The van der Waals surface area contributed by atoms with E-state index >= 15 is 0 Å². The number of hydrogen-bond acceptors (Lipinski definition) is 3. The largest absolute Gasteiger partial charge is 0.389 e. The van der Waals surface area contributed by atoms with Crippen LogP contribution in [0.2, 0.25) is 0 Å². The van der Waals surface area contributed by atoms with Crippen molar-refractivity contribution in [1.29, 1.82) is 0 Å². The Morgan fingerprint density at radius 3 is 2.94 bits per heavy atom. The third-order valence-corrected chi connectivity index (χ3v) is 4.64. The van der Waals surface area contributed by atoms with Gasteiger partial charge in [-0.05, 0) is 43.4 Å². The van der Waals surface area contributed by atoms with E-state index in [1.807, 2.05) is 4.68 Å². The van der Waals surface area contributed by atoms with Gasteiger partial charge in [-0.3, -0.25) is 0 Å². The highest BCUT2D eigenvalue weighted by molar-refractivity contribution is 5.06. The lowest BCUT2D eigenvalue weighted by Gasteiger charge is -2.32. The molecule has 0 aromatic carbocycles. The van der Waals surface area contributed by atoms with Crippen molar-refractivity contribution in [2.45, 2.75) is 58.1 Å². The highest BCUT2D eigenvalue weighted by atomic mass is 16.3. The summed E-state index contributed by atoms with van der Waals surface area (Å²) < 4.78 is 1.97. The van der Waals surface area contributed by atoms with E-state index in [9.17, 15) is 5.11 Å². The molecule has 4 heteroatoms. The van der Waals surface area contributed by atoms with Gasteiger partial charge < -0.3 is 5.11 Å². The number of aliphatic hydroxyl groups is 1. The highest BCUT2D eigenvalue weighted by Gasteiger charge is 2.50. The fourth-order valence-corrected chi connectivity index (χ4v) is 3.83. The second kappa shape index (κ2) is 4.34. The van der Waals surface area contributed by atoms with Gasteiger partial charge in [0.2, 0.25) is 0 Å². The van der Waals surface area contributed by atoms with Gasteiger partial charge in [-0.25, -0.2) is 9.67 Å². The topological polar surface area (TPSA) is 50.9 Å². The Morgan fingerprint density at radius 2 is 2.33 bits per heavy atom. The number of rotatable bonds is 4. The van der Waals surface area contributed by atoms with E-state index in [4.69, 9.17) is 0 Å². The molecule has 1 N–H and O–H groups in total. The summed E-state index contributed by atoms with van der Waals surface area (Å²) in [7, 11) is 0. The Bertz CT molecular complexity index is 428. The molecule has 3 rings (SSSR count). The Morgan fingerprint density at radius 1 is 1.50 bits per heavy atom. The standard InChI is InChI=1S/C14H23N3O/c1-10(2)8-17-13(15-9-16-17)7-14(18)6-11-3-4-12(14)5-11/h9-12,18H,3-8H2,1-2H3. The van der Waals surface area contributed by atoms with E-state index in [0.717, 1.165) is 24.7 Å². The van der Waals surface area contributed by atoms with E-state index in [-0.39, 0.29) is 0 Å². The van der Waals surface area contributed by atoms with Gasteiger partial charge in [0.05, 0.1) is 5.60 Å². The normalized spacial score (nSPS) is 34.7. The van der Waals surface area contributed by atoms with E-state index in [0.29, 0.717) is 18.3 Å². The minimum Gasteiger partial charge on any atom is -0.389 e. The SMILES string of the molecule is CC(C)Cn1ncnc1CC1(O)CC2CCC1C2. The van der Waals surface area contributed by atoms with Gasteiger partial charge in [0, 0.05) is 13.0 Å². The van der Waals surface area contributed by atoms with Crippen molar-refractivity contribution in [3.63, 3.8) is 0 Å². The van der Waals surface area contributed by atoms with Gasteiger partial charge in [-0.2, -0.15) is 5.10 Å². The van der Waals surface area contributed by atoms with Crippen LogP contribution < -0.4 is 0 Å². The predicted octanol–water partition coefficient (Wildman–Crippen LogP) is 2.03. The predicted molar refractivity (Wildman–Crippen MR) is 69.0 cm³/mol. The quantitative estimate of drug-likeness (QED) is 0.888. The maximum atomic E-state index is 10.8. The van der Waals surface area contributed by atoms with E-state index in [1.54, 1.807) is 6.33 Å². The van der Waals surface area contributed by atoms with Crippen molar-refractivity contribution in [1.82, 2.24) is 14.8 Å². The smallest absolute Gasteiger partial charge is 0.138 e. The number of hydrogen-bond donors (Lipinski definition) is 1. The minimum absolute atomic E-state index is 0.492. The summed E-state index contributed by atoms with van der Waals surface area (Å²) in [5.41, 5.74) is -0.509. The highest BCUT2D eigenvalue weighted by Crippen LogP contribution is 2.51. The molecule has 0 aliphatic heterocycles. The molecular formula is C14H23N3O. The van der Waals surface area contributed by atoms with Crippen LogP contribution in [0, 0.1) is 17.8 Å². The van der Waals surface area contributed by atoms with Crippen molar-refractivity contribution in [3.05, 3.63) is 12.2 Å². The second-order valence-electron chi connectivity index (χ2n) is 6.61. The van der Waals surface area contributed by atoms with Crippen molar-refractivity contribution >= 4 is 0 Å². The molecule has 0 amide bonds.